The van der Waals surface area contributed by atoms with Crippen LogP contribution in [0.5, 0.6) is 0 Å². The van der Waals surface area contributed by atoms with Gasteiger partial charge in [0.25, 0.3) is 5.91 Å². The summed E-state index contributed by atoms with van der Waals surface area (Å²) in [4.78, 5) is 21.6. The van der Waals surface area contributed by atoms with Crippen molar-refractivity contribution in [2.45, 2.75) is 38.8 Å². The Bertz CT molecular complexity index is 1120. The Hall–Kier alpha value is -3.92. The highest BCUT2D eigenvalue weighted by Gasteiger charge is 2.22. The highest BCUT2D eigenvalue weighted by atomic mass is 16.2. The molecule has 1 aromatic carbocycles. The van der Waals surface area contributed by atoms with E-state index in [9.17, 15) is 4.79 Å². The number of carbonyl (C=O) groups is 1. The van der Waals surface area contributed by atoms with E-state index in [0.29, 0.717) is 18.2 Å². The van der Waals surface area contributed by atoms with E-state index in [1.165, 1.54) is 6.21 Å². The average molecular weight is 478 g/mol. The van der Waals surface area contributed by atoms with E-state index in [0.717, 1.165) is 35.3 Å². The standard InChI is InChI=1S/C25H35N9O/c1-25(2,3)31-14-20(27)23(35)33-22-15-29-9-7-16-11-17(5-6-19(16)22)21-8-10-30-24(34-21)32-18(12-26)13-28-4/h5-6,8,10-14,22,26,28-29,31H,7,9,15,27H2,1-4H3,(H,33,35)(H,30,32,34)/b18-13+,20-14-,26-12?. The molecule has 0 bridgehead atoms. The molecule has 0 saturated carbocycles. The Morgan fingerprint density at radius 3 is 2.77 bits per heavy atom. The Kier molecular flexibility index (Phi) is 8.43. The maximum Gasteiger partial charge on any atom is 0.269 e. The molecule has 0 radical (unpaired) electrons. The first-order valence-corrected chi connectivity index (χ1v) is 11.6. The van der Waals surface area contributed by atoms with Gasteiger partial charge in [-0.25, -0.2) is 9.97 Å². The molecule has 1 unspecified atom stereocenters. The molecule has 0 spiro atoms. The third-order valence-electron chi connectivity index (χ3n) is 5.33. The molecular formula is C25H35N9O. The zero-order valence-electron chi connectivity index (χ0n) is 20.7. The molecular weight excluding hydrogens is 442 g/mol. The first-order valence-electron chi connectivity index (χ1n) is 11.6. The third-order valence-corrected chi connectivity index (χ3v) is 5.33. The zero-order chi connectivity index (χ0) is 25.4. The van der Waals surface area contributed by atoms with Crippen LogP contribution < -0.4 is 32.3 Å². The fourth-order valence-corrected chi connectivity index (χ4v) is 3.61. The van der Waals surface area contributed by atoms with Gasteiger partial charge in [0.15, 0.2) is 0 Å². The fourth-order valence-electron chi connectivity index (χ4n) is 3.61. The van der Waals surface area contributed by atoms with Crippen LogP contribution in [0.3, 0.4) is 0 Å². The second-order valence-corrected chi connectivity index (χ2v) is 9.31. The SMILES string of the molecule is CN/C=C(\C=N)Nc1nccc(-c2ccc3c(c2)CCNCC3NC(=O)/C(N)=C/NC(C)(C)C)n1. The second kappa shape index (κ2) is 11.5. The summed E-state index contributed by atoms with van der Waals surface area (Å²) in [6, 6.07) is 7.78. The van der Waals surface area contributed by atoms with Crippen LogP contribution in [0.15, 0.2) is 54.3 Å². The minimum absolute atomic E-state index is 0.139. The molecule has 1 aliphatic rings. The summed E-state index contributed by atoms with van der Waals surface area (Å²) in [5.41, 5.74) is 10.4. The first-order chi connectivity index (χ1) is 16.7. The summed E-state index contributed by atoms with van der Waals surface area (Å²) in [6.45, 7) is 7.42. The predicted molar refractivity (Wildman–Crippen MR) is 140 cm³/mol. The molecule has 2 aromatic rings. The number of anilines is 1. The van der Waals surface area contributed by atoms with Crippen LogP contribution in [-0.2, 0) is 11.2 Å². The van der Waals surface area contributed by atoms with Crippen molar-refractivity contribution >= 4 is 18.1 Å². The summed E-state index contributed by atoms with van der Waals surface area (Å²) in [6.07, 6.45) is 6.92. The monoisotopic (exact) mass is 477 g/mol. The number of rotatable bonds is 8. The Morgan fingerprint density at radius 1 is 1.26 bits per heavy atom. The quantitative estimate of drug-likeness (QED) is 0.224. The summed E-state index contributed by atoms with van der Waals surface area (Å²) < 4.78 is 0. The van der Waals surface area contributed by atoms with E-state index in [1.54, 1.807) is 25.6 Å². The molecule has 1 amide bonds. The molecule has 186 valence electrons. The number of amides is 1. The van der Waals surface area contributed by atoms with Gasteiger partial charge >= 0.3 is 0 Å². The molecule has 2 heterocycles. The number of carbonyl (C=O) groups excluding carboxylic acids is 1. The van der Waals surface area contributed by atoms with E-state index >= 15 is 0 Å². The molecule has 10 heteroatoms. The summed E-state index contributed by atoms with van der Waals surface area (Å²) in [5.74, 6) is 0.0917. The van der Waals surface area contributed by atoms with Crippen molar-refractivity contribution in [2.75, 3.05) is 25.5 Å². The van der Waals surface area contributed by atoms with E-state index < -0.39 is 0 Å². The van der Waals surface area contributed by atoms with Gasteiger partial charge in [-0.05, 0) is 57.0 Å². The first kappa shape index (κ1) is 25.7. The van der Waals surface area contributed by atoms with Crippen molar-refractivity contribution in [3.8, 4) is 11.3 Å². The lowest BCUT2D eigenvalue weighted by Gasteiger charge is -2.22. The van der Waals surface area contributed by atoms with Crippen LogP contribution in [-0.4, -0.2) is 47.8 Å². The van der Waals surface area contributed by atoms with Gasteiger partial charge in [0, 0.05) is 49.5 Å². The van der Waals surface area contributed by atoms with Crippen LogP contribution in [0.2, 0.25) is 0 Å². The lowest BCUT2D eigenvalue weighted by atomic mass is 9.96. The number of allylic oxidation sites excluding steroid dienone is 1. The molecule has 35 heavy (non-hydrogen) atoms. The van der Waals surface area contributed by atoms with Gasteiger partial charge in [-0.3, -0.25) is 4.79 Å². The van der Waals surface area contributed by atoms with E-state index in [2.05, 4.69) is 42.6 Å². The number of nitrogens with two attached hydrogens (primary N) is 1. The number of hydrogen-bond acceptors (Lipinski definition) is 9. The molecule has 1 aliphatic heterocycles. The Morgan fingerprint density at radius 2 is 2.06 bits per heavy atom. The van der Waals surface area contributed by atoms with Crippen LogP contribution >= 0.6 is 0 Å². The molecule has 0 aliphatic carbocycles. The Balaban J connectivity index is 1.82. The van der Waals surface area contributed by atoms with E-state index in [-0.39, 0.29) is 23.2 Å². The normalized spacial score (nSPS) is 16.5. The summed E-state index contributed by atoms with van der Waals surface area (Å²) >= 11 is 0. The van der Waals surface area contributed by atoms with E-state index in [1.807, 2.05) is 39.0 Å². The highest BCUT2D eigenvalue weighted by Crippen LogP contribution is 2.27. The van der Waals surface area contributed by atoms with Gasteiger partial charge in [0.05, 0.1) is 17.4 Å². The number of nitrogens with zero attached hydrogens (tertiary/aromatic N) is 2. The average Bonchev–Trinajstić information content (AvgIpc) is 3.03. The highest BCUT2D eigenvalue weighted by molar-refractivity contribution is 5.92. The molecule has 0 fully saturated rings. The van der Waals surface area contributed by atoms with Crippen LogP contribution in [0.4, 0.5) is 5.95 Å². The molecule has 0 saturated heterocycles. The summed E-state index contributed by atoms with van der Waals surface area (Å²) in [5, 5.41) is 23.0. The Labute approximate surface area is 206 Å². The molecule has 1 atom stereocenters. The summed E-state index contributed by atoms with van der Waals surface area (Å²) in [7, 11) is 1.76. The molecule has 8 N–H and O–H groups in total. The maximum absolute atomic E-state index is 12.7. The molecule has 1 aromatic heterocycles. The third kappa shape index (κ3) is 7.28. The molecule has 3 rings (SSSR count). The topological polar surface area (TPSA) is 153 Å². The maximum atomic E-state index is 12.7. The van der Waals surface area contributed by atoms with Crippen molar-refractivity contribution in [1.29, 1.82) is 5.41 Å². The van der Waals surface area contributed by atoms with Crippen molar-refractivity contribution < 1.29 is 4.79 Å². The largest absolute Gasteiger partial charge is 0.393 e. The molecule has 10 nitrogen and oxygen atoms in total. The van der Waals surface area contributed by atoms with Crippen LogP contribution in [0.1, 0.15) is 37.9 Å². The number of aromatic nitrogens is 2. The minimum Gasteiger partial charge on any atom is -0.393 e. The number of fused-ring (bicyclic) bond motifs is 1. The van der Waals surface area contributed by atoms with Gasteiger partial charge in [0.1, 0.15) is 5.70 Å². The second-order valence-electron chi connectivity index (χ2n) is 9.31. The number of benzene rings is 1. The lowest BCUT2D eigenvalue weighted by molar-refractivity contribution is -0.118. The number of nitrogens with one attached hydrogen (secondary N) is 6. The van der Waals surface area contributed by atoms with Crippen LogP contribution in [0, 0.1) is 5.41 Å². The van der Waals surface area contributed by atoms with Crippen molar-refractivity contribution in [3.63, 3.8) is 0 Å². The van der Waals surface area contributed by atoms with Crippen LogP contribution in [0.25, 0.3) is 11.3 Å². The fraction of sp³-hybridized carbons (Fsp3) is 0.360. The zero-order valence-corrected chi connectivity index (χ0v) is 20.7. The minimum atomic E-state index is -0.311. The van der Waals surface area contributed by atoms with Gasteiger partial charge in [-0.1, -0.05) is 12.1 Å². The smallest absolute Gasteiger partial charge is 0.269 e. The van der Waals surface area contributed by atoms with E-state index in [4.69, 9.17) is 11.1 Å². The van der Waals surface area contributed by atoms with Gasteiger partial charge in [-0.2, -0.15) is 0 Å². The van der Waals surface area contributed by atoms with Crippen molar-refractivity contribution in [2.24, 2.45) is 5.73 Å². The lowest BCUT2D eigenvalue weighted by Crippen LogP contribution is -2.39. The van der Waals surface area contributed by atoms with Crippen molar-refractivity contribution in [3.05, 3.63) is 65.4 Å². The van der Waals surface area contributed by atoms with Gasteiger partial charge in [-0.15, -0.1) is 0 Å². The van der Waals surface area contributed by atoms with Crippen molar-refractivity contribution in [1.82, 2.24) is 31.2 Å². The number of hydrogen-bond donors (Lipinski definition) is 7. The predicted octanol–water partition coefficient (Wildman–Crippen LogP) is 1.76. The van der Waals surface area contributed by atoms with Gasteiger partial charge in [0.2, 0.25) is 5.95 Å². The van der Waals surface area contributed by atoms with Gasteiger partial charge < -0.3 is 37.7 Å².